The Kier molecular flexibility index (Phi) is 6.10. The number of carbonyl (C=O) groups is 1. The summed E-state index contributed by atoms with van der Waals surface area (Å²) in [4.78, 5) is 17.8. The molecule has 2 aromatic carbocycles. The zero-order chi connectivity index (χ0) is 20.9. The first-order valence-corrected chi connectivity index (χ1v) is 10.9. The third-order valence-corrected chi connectivity index (χ3v) is 6.09. The van der Waals surface area contributed by atoms with Crippen molar-refractivity contribution in [2.75, 3.05) is 18.2 Å². The molecule has 2 aromatic heterocycles. The highest BCUT2D eigenvalue weighted by Gasteiger charge is 2.14. The van der Waals surface area contributed by atoms with Gasteiger partial charge in [0.1, 0.15) is 5.75 Å². The first-order valence-electron chi connectivity index (χ1n) is 9.06. The highest BCUT2D eigenvalue weighted by atomic mass is 32.2. The molecular weight excluding hydrogens is 420 g/mol. The molecule has 7 nitrogen and oxygen atoms in total. The molecule has 4 aromatic rings. The van der Waals surface area contributed by atoms with E-state index in [1.165, 1.54) is 23.1 Å². The topological polar surface area (TPSA) is 90.1 Å². The number of nitrogens with zero attached hydrogens (tertiary/aromatic N) is 3. The van der Waals surface area contributed by atoms with E-state index in [4.69, 9.17) is 9.15 Å². The lowest BCUT2D eigenvalue weighted by molar-refractivity contribution is -0.113. The number of hydrogen-bond acceptors (Lipinski definition) is 8. The Labute approximate surface area is 181 Å². The molecule has 0 atom stereocenters. The van der Waals surface area contributed by atoms with E-state index in [-0.39, 0.29) is 11.7 Å². The number of thioether (sulfide) groups is 1. The van der Waals surface area contributed by atoms with Gasteiger partial charge in [-0.05, 0) is 36.8 Å². The lowest BCUT2D eigenvalue weighted by Crippen LogP contribution is -2.13. The number of aromatic nitrogens is 3. The Morgan fingerprint density at radius 2 is 1.87 bits per heavy atom. The molecule has 0 spiro atoms. The van der Waals surface area contributed by atoms with Crippen molar-refractivity contribution in [2.45, 2.75) is 12.1 Å². The number of hydrogen-bond donors (Lipinski definition) is 1. The zero-order valence-corrected chi connectivity index (χ0v) is 17.9. The molecule has 152 valence electrons. The molecular formula is C21H18N4O3S2. The van der Waals surface area contributed by atoms with E-state index in [1.54, 1.807) is 7.11 Å². The smallest absolute Gasteiger partial charge is 0.277 e. The molecule has 0 saturated heterocycles. The van der Waals surface area contributed by atoms with E-state index < -0.39 is 0 Å². The monoisotopic (exact) mass is 438 g/mol. The van der Waals surface area contributed by atoms with Crippen molar-refractivity contribution in [1.82, 2.24) is 15.2 Å². The van der Waals surface area contributed by atoms with Gasteiger partial charge in [0.05, 0.1) is 23.4 Å². The Morgan fingerprint density at radius 1 is 1.10 bits per heavy atom. The van der Waals surface area contributed by atoms with E-state index in [0.29, 0.717) is 16.2 Å². The number of rotatable bonds is 7. The van der Waals surface area contributed by atoms with Gasteiger partial charge in [-0.1, -0.05) is 53.4 Å². The molecule has 0 fully saturated rings. The van der Waals surface area contributed by atoms with Crippen LogP contribution in [0.5, 0.6) is 5.75 Å². The lowest BCUT2D eigenvalue weighted by atomic mass is 10.2. The summed E-state index contributed by atoms with van der Waals surface area (Å²) in [5.41, 5.74) is 2.75. The maximum atomic E-state index is 12.3. The fraction of sp³-hybridized carbons (Fsp3) is 0.143. The maximum absolute atomic E-state index is 12.3. The van der Waals surface area contributed by atoms with Crippen LogP contribution in [0.3, 0.4) is 0 Å². The third kappa shape index (κ3) is 4.69. The highest BCUT2D eigenvalue weighted by Crippen LogP contribution is 2.32. The van der Waals surface area contributed by atoms with Gasteiger partial charge in [0.25, 0.3) is 5.22 Å². The summed E-state index contributed by atoms with van der Waals surface area (Å²) in [5.74, 6) is 1.10. The molecule has 0 unspecified atom stereocenters. The minimum Gasteiger partial charge on any atom is -0.497 e. The van der Waals surface area contributed by atoms with Gasteiger partial charge < -0.3 is 14.5 Å². The molecule has 0 aliphatic rings. The predicted molar refractivity (Wildman–Crippen MR) is 118 cm³/mol. The number of carbonyl (C=O) groups excluding carboxylic acids is 1. The van der Waals surface area contributed by atoms with Crippen molar-refractivity contribution >= 4 is 34.1 Å². The molecule has 0 bridgehead atoms. The van der Waals surface area contributed by atoms with E-state index in [1.807, 2.05) is 61.5 Å². The number of nitrogens with one attached hydrogen (secondary N) is 1. The van der Waals surface area contributed by atoms with Gasteiger partial charge in [-0.15, -0.1) is 10.2 Å². The minimum absolute atomic E-state index is 0.142. The Morgan fingerprint density at radius 3 is 2.60 bits per heavy atom. The molecule has 1 amide bonds. The minimum atomic E-state index is -0.183. The highest BCUT2D eigenvalue weighted by molar-refractivity contribution is 7.99. The van der Waals surface area contributed by atoms with Gasteiger partial charge in [-0.25, -0.2) is 4.98 Å². The van der Waals surface area contributed by atoms with Crippen LogP contribution in [0, 0.1) is 6.92 Å². The average Bonchev–Trinajstić information content (AvgIpc) is 3.39. The van der Waals surface area contributed by atoms with E-state index in [0.717, 1.165) is 27.4 Å². The number of methoxy groups -OCH3 is 1. The molecule has 2 heterocycles. The Balaban J connectivity index is 1.35. The fourth-order valence-corrected chi connectivity index (χ4v) is 4.26. The van der Waals surface area contributed by atoms with Gasteiger partial charge in [-0.3, -0.25) is 4.79 Å². The van der Waals surface area contributed by atoms with E-state index >= 15 is 0 Å². The number of thiazole rings is 1. The molecule has 0 aliphatic carbocycles. The zero-order valence-electron chi connectivity index (χ0n) is 16.3. The molecule has 9 heteroatoms. The van der Waals surface area contributed by atoms with Gasteiger partial charge >= 0.3 is 0 Å². The van der Waals surface area contributed by atoms with Crippen LogP contribution in [0.2, 0.25) is 0 Å². The van der Waals surface area contributed by atoms with Crippen molar-refractivity contribution in [2.24, 2.45) is 0 Å². The summed E-state index contributed by atoms with van der Waals surface area (Å²) in [6, 6.07) is 17.3. The third-order valence-electron chi connectivity index (χ3n) is 4.15. The lowest BCUT2D eigenvalue weighted by Gasteiger charge is -2.00. The SMILES string of the molecule is COc1ccc(-c2nnc(SCC(=O)Nc3nc(C)c(-c4ccccc4)s3)o2)cc1. The van der Waals surface area contributed by atoms with Crippen LogP contribution in [0.1, 0.15) is 5.69 Å². The van der Waals surface area contributed by atoms with Crippen LogP contribution in [0.25, 0.3) is 21.9 Å². The van der Waals surface area contributed by atoms with Gasteiger partial charge in [0.2, 0.25) is 11.8 Å². The van der Waals surface area contributed by atoms with Crippen molar-refractivity contribution in [3.05, 3.63) is 60.3 Å². The van der Waals surface area contributed by atoms with Crippen LogP contribution >= 0.6 is 23.1 Å². The summed E-state index contributed by atoms with van der Waals surface area (Å²) in [6.45, 7) is 1.93. The molecule has 0 radical (unpaired) electrons. The largest absolute Gasteiger partial charge is 0.497 e. The van der Waals surface area contributed by atoms with Crippen LogP contribution in [0.4, 0.5) is 5.13 Å². The van der Waals surface area contributed by atoms with E-state index in [9.17, 15) is 4.79 Å². The van der Waals surface area contributed by atoms with Gasteiger partial charge in [0, 0.05) is 5.56 Å². The standard InChI is InChI=1S/C21H18N4O3S2/c1-13-18(14-6-4-3-5-7-14)30-20(22-13)23-17(26)12-29-21-25-24-19(28-21)15-8-10-16(27-2)11-9-15/h3-11H,12H2,1-2H3,(H,22,23,26). The molecule has 0 saturated carbocycles. The number of benzene rings is 2. The Hall–Kier alpha value is -3.17. The number of aryl methyl sites for hydroxylation is 1. The summed E-state index contributed by atoms with van der Waals surface area (Å²) in [6.07, 6.45) is 0. The molecule has 30 heavy (non-hydrogen) atoms. The summed E-state index contributed by atoms with van der Waals surface area (Å²) < 4.78 is 10.8. The second-order valence-corrected chi connectivity index (χ2v) is 8.16. The number of amides is 1. The summed E-state index contributed by atoms with van der Waals surface area (Å²) >= 11 is 2.63. The second-order valence-electron chi connectivity index (χ2n) is 6.24. The van der Waals surface area contributed by atoms with Crippen molar-refractivity contribution in [3.8, 4) is 27.6 Å². The van der Waals surface area contributed by atoms with Crippen LogP contribution in [-0.2, 0) is 4.79 Å². The predicted octanol–water partition coefficient (Wildman–Crippen LogP) is 4.91. The molecule has 1 N–H and O–H groups in total. The first kappa shape index (κ1) is 20.1. The van der Waals surface area contributed by atoms with E-state index in [2.05, 4.69) is 20.5 Å². The number of anilines is 1. The second kappa shape index (κ2) is 9.10. The maximum Gasteiger partial charge on any atom is 0.277 e. The van der Waals surface area contributed by atoms with Crippen LogP contribution in [0.15, 0.2) is 64.2 Å². The Bertz CT molecular complexity index is 1140. The molecule has 4 rings (SSSR count). The molecule has 0 aliphatic heterocycles. The van der Waals surface area contributed by atoms with Crippen LogP contribution in [-0.4, -0.2) is 34.0 Å². The van der Waals surface area contributed by atoms with Crippen molar-refractivity contribution in [3.63, 3.8) is 0 Å². The van der Waals surface area contributed by atoms with Crippen LogP contribution < -0.4 is 10.1 Å². The summed E-state index contributed by atoms with van der Waals surface area (Å²) in [7, 11) is 1.61. The van der Waals surface area contributed by atoms with Gasteiger partial charge in [0.15, 0.2) is 5.13 Å². The normalized spacial score (nSPS) is 10.7. The quantitative estimate of drug-likeness (QED) is 0.410. The average molecular weight is 439 g/mol. The van der Waals surface area contributed by atoms with Crippen molar-refractivity contribution < 1.29 is 13.9 Å². The van der Waals surface area contributed by atoms with Gasteiger partial charge in [-0.2, -0.15) is 0 Å². The van der Waals surface area contributed by atoms with Crippen molar-refractivity contribution in [1.29, 1.82) is 0 Å². The fourth-order valence-electron chi connectivity index (χ4n) is 2.71. The number of ether oxygens (including phenoxy) is 1. The summed E-state index contributed by atoms with van der Waals surface area (Å²) in [5, 5.41) is 11.8. The first-order chi connectivity index (χ1) is 14.6.